The summed E-state index contributed by atoms with van der Waals surface area (Å²) < 4.78 is 5.23. The van der Waals surface area contributed by atoms with Gasteiger partial charge in [0.2, 0.25) is 0 Å². The smallest absolute Gasteiger partial charge is 0.341 e. The Kier molecular flexibility index (Phi) is 3.64. The normalized spacial score (nSPS) is 14.6. The number of ether oxygens (including phenoxy) is 1. The summed E-state index contributed by atoms with van der Waals surface area (Å²) >= 11 is 0. The van der Waals surface area contributed by atoms with Crippen molar-refractivity contribution in [3.05, 3.63) is 30.0 Å². The van der Waals surface area contributed by atoms with Crippen LogP contribution in [0.3, 0.4) is 0 Å². The van der Waals surface area contributed by atoms with E-state index in [1.165, 1.54) is 18.5 Å². The number of aromatic nitrogens is 1. The van der Waals surface area contributed by atoms with Crippen LogP contribution in [0.1, 0.15) is 18.5 Å². The van der Waals surface area contributed by atoms with E-state index in [2.05, 4.69) is 16.0 Å². The number of rotatable bonds is 4. The molecule has 0 radical (unpaired) electrons. The number of fused-ring (bicyclic) bond motifs is 1. The Bertz CT molecular complexity index is 679. The van der Waals surface area contributed by atoms with Crippen LogP contribution in [0.5, 0.6) is 5.75 Å². The largest absolute Gasteiger partial charge is 0.482 e. The van der Waals surface area contributed by atoms with Crippen LogP contribution in [0.2, 0.25) is 0 Å². The van der Waals surface area contributed by atoms with Gasteiger partial charge in [0.15, 0.2) is 6.61 Å². The number of carboxylic acids is 1. The van der Waals surface area contributed by atoms with Crippen molar-refractivity contribution in [1.82, 2.24) is 4.98 Å². The maximum absolute atomic E-state index is 10.6. The highest BCUT2D eigenvalue weighted by molar-refractivity contribution is 5.93. The molecule has 0 unspecified atom stereocenters. The third kappa shape index (κ3) is 2.91. The van der Waals surface area contributed by atoms with Gasteiger partial charge in [0.1, 0.15) is 5.75 Å². The third-order valence-corrected chi connectivity index (χ3v) is 3.70. The molecular weight excluding hydrogens is 268 g/mol. The predicted molar refractivity (Wildman–Crippen MR) is 81.1 cm³/mol. The van der Waals surface area contributed by atoms with E-state index >= 15 is 0 Å². The number of carbonyl (C=O) groups is 1. The number of carboxylic acid groups (broad SMARTS) is 1. The first-order valence-corrected chi connectivity index (χ1v) is 7.14. The number of hydrogen-bond acceptors (Lipinski definition) is 4. The van der Waals surface area contributed by atoms with Crippen LogP contribution in [0.15, 0.2) is 24.3 Å². The van der Waals surface area contributed by atoms with Gasteiger partial charge in [-0.05, 0) is 38.0 Å². The molecule has 3 rings (SSSR count). The minimum atomic E-state index is -0.981. The Balaban J connectivity index is 1.99. The highest BCUT2D eigenvalue weighted by Crippen LogP contribution is 2.31. The standard InChI is InChI=1S/C16H18N2O3/c1-11-8-15(18-6-2-3-7-18)13-5-4-12(9-14(13)17-11)21-10-16(19)20/h4-5,8-9H,2-3,6-7,10H2,1H3,(H,19,20). The van der Waals surface area contributed by atoms with E-state index < -0.39 is 5.97 Å². The second-order valence-electron chi connectivity index (χ2n) is 5.34. The van der Waals surface area contributed by atoms with Crippen LogP contribution in [-0.4, -0.2) is 35.8 Å². The molecule has 2 aromatic rings. The molecule has 0 saturated carbocycles. The summed E-state index contributed by atoms with van der Waals surface area (Å²) in [6.07, 6.45) is 2.45. The second kappa shape index (κ2) is 5.60. The molecule has 0 atom stereocenters. The average molecular weight is 286 g/mol. The van der Waals surface area contributed by atoms with Gasteiger partial charge in [0.25, 0.3) is 0 Å². The van der Waals surface area contributed by atoms with Crippen molar-refractivity contribution in [2.24, 2.45) is 0 Å². The predicted octanol–water partition coefficient (Wildman–Crippen LogP) is 2.61. The van der Waals surface area contributed by atoms with E-state index in [1.807, 2.05) is 25.1 Å². The van der Waals surface area contributed by atoms with Gasteiger partial charge >= 0.3 is 5.97 Å². The fourth-order valence-corrected chi connectivity index (χ4v) is 2.77. The minimum absolute atomic E-state index is 0.337. The lowest BCUT2D eigenvalue weighted by Gasteiger charge is -2.20. The third-order valence-electron chi connectivity index (χ3n) is 3.70. The molecule has 1 saturated heterocycles. The number of nitrogens with zero attached hydrogens (tertiary/aromatic N) is 2. The summed E-state index contributed by atoms with van der Waals surface area (Å²) in [5, 5.41) is 9.76. The first kappa shape index (κ1) is 13.7. The summed E-state index contributed by atoms with van der Waals surface area (Å²) in [6, 6.07) is 7.70. The van der Waals surface area contributed by atoms with Crippen molar-refractivity contribution in [3.63, 3.8) is 0 Å². The highest BCUT2D eigenvalue weighted by atomic mass is 16.5. The molecule has 21 heavy (non-hydrogen) atoms. The molecule has 1 aliphatic heterocycles. The lowest BCUT2D eigenvalue weighted by atomic mass is 10.1. The van der Waals surface area contributed by atoms with Crippen molar-refractivity contribution >= 4 is 22.6 Å². The Morgan fingerprint density at radius 1 is 1.33 bits per heavy atom. The number of anilines is 1. The van der Waals surface area contributed by atoms with Crippen LogP contribution >= 0.6 is 0 Å². The Morgan fingerprint density at radius 2 is 2.10 bits per heavy atom. The van der Waals surface area contributed by atoms with Crippen LogP contribution < -0.4 is 9.64 Å². The van der Waals surface area contributed by atoms with E-state index in [4.69, 9.17) is 9.84 Å². The number of benzene rings is 1. The lowest BCUT2D eigenvalue weighted by Crippen LogP contribution is -2.18. The van der Waals surface area contributed by atoms with Crippen LogP contribution in [-0.2, 0) is 4.79 Å². The Morgan fingerprint density at radius 3 is 2.81 bits per heavy atom. The van der Waals surface area contributed by atoms with E-state index in [0.29, 0.717) is 5.75 Å². The topological polar surface area (TPSA) is 62.7 Å². The zero-order valence-electron chi connectivity index (χ0n) is 12.0. The van der Waals surface area contributed by atoms with Crippen molar-refractivity contribution < 1.29 is 14.6 Å². The summed E-state index contributed by atoms with van der Waals surface area (Å²) in [4.78, 5) is 17.5. The summed E-state index contributed by atoms with van der Waals surface area (Å²) in [7, 11) is 0. The lowest BCUT2D eigenvalue weighted by molar-refractivity contribution is -0.139. The number of aryl methyl sites for hydroxylation is 1. The van der Waals surface area contributed by atoms with Gasteiger partial charge in [-0.3, -0.25) is 4.98 Å². The highest BCUT2D eigenvalue weighted by Gasteiger charge is 2.16. The first-order chi connectivity index (χ1) is 10.1. The van der Waals surface area contributed by atoms with Crippen molar-refractivity contribution in [1.29, 1.82) is 0 Å². The minimum Gasteiger partial charge on any atom is -0.482 e. The van der Waals surface area contributed by atoms with E-state index in [9.17, 15) is 4.79 Å². The maximum atomic E-state index is 10.6. The molecule has 1 aliphatic rings. The van der Waals surface area contributed by atoms with Crippen LogP contribution in [0.4, 0.5) is 5.69 Å². The molecule has 1 fully saturated rings. The fraction of sp³-hybridized carbons (Fsp3) is 0.375. The Hall–Kier alpha value is -2.30. The summed E-state index contributed by atoms with van der Waals surface area (Å²) in [5.74, 6) is -0.444. The molecule has 5 nitrogen and oxygen atoms in total. The van der Waals surface area contributed by atoms with Gasteiger partial charge in [-0.25, -0.2) is 4.79 Å². The molecule has 0 amide bonds. The molecule has 1 aromatic carbocycles. The number of pyridine rings is 1. The molecule has 110 valence electrons. The molecule has 0 aliphatic carbocycles. The molecule has 5 heteroatoms. The number of hydrogen-bond donors (Lipinski definition) is 1. The van der Waals surface area contributed by atoms with Gasteiger partial charge in [0, 0.05) is 35.9 Å². The molecule has 0 spiro atoms. The number of aliphatic carboxylic acids is 1. The molecule has 2 heterocycles. The zero-order chi connectivity index (χ0) is 14.8. The van der Waals surface area contributed by atoms with Gasteiger partial charge in [-0.1, -0.05) is 0 Å². The van der Waals surface area contributed by atoms with E-state index in [0.717, 1.165) is 29.7 Å². The van der Waals surface area contributed by atoms with Crippen LogP contribution in [0.25, 0.3) is 10.9 Å². The first-order valence-electron chi connectivity index (χ1n) is 7.14. The Labute approximate surface area is 123 Å². The molecular formula is C16H18N2O3. The van der Waals surface area contributed by atoms with Crippen LogP contribution in [0, 0.1) is 6.92 Å². The van der Waals surface area contributed by atoms with Gasteiger partial charge in [-0.15, -0.1) is 0 Å². The monoisotopic (exact) mass is 286 g/mol. The van der Waals surface area contributed by atoms with Crippen molar-refractivity contribution in [3.8, 4) is 5.75 Å². The summed E-state index contributed by atoms with van der Waals surface area (Å²) in [6.45, 7) is 3.80. The van der Waals surface area contributed by atoms with E-state index in [-0.39, 0.29) is 6.61 Å². The average Bonchev–Trinajstić information content (AvgIpc) is 2.97. The second-order valence-corrected chi connectivity index (χ2v) is 5.34. The SMILES string of the molecule is Cc1cc(N2CCCC2)c2ccc(OCC(=O)O)cc2n1. The maximum Gasteiger partial charge on any atom is 0.341 e. The quantitative estimate of drug-likeness (QED) is 0.936. The van der Waals surface area contributed by atoms with Gasteiger partial charge < -0.3 is 14.7 Å². The van der Waals surface area contributed by atoms with Crippen molar-refractivity contribution in [2.75, 3.05) is 24.6 Å². The fourth-order valence-electron chi connectivity index (χ4n) is 2.77. The van der Waals surface area contributed by atoms with Crippen molar-refractivity contribution in [2.45, 2.75) is 19.8 Å². The van der Waals surface area contributed by atoms with E-state index in [1.54, 1.807) is 0 Å². The van der Waals surface area contributed by atoms with Gasteiger partial charge in [0.05, 0.1) is 5.52 Å². The molecule has 1 N–H and O–H groups in total. The van der Waals surface area contributed by atoms with Gasteiger partial charge in [-0.2, -0.15) is 0 Å². The summed E-state index contributed by atoms with van der Waals surface area (Å²) in [5.41, 5.74) is 3.01. The molecule has 0 bridgehead atoms. The molecule has 1 aromatic heterocycles. The zero-order valence-corrected chi connectivity index (χ0v) is 12.0.